The number of esters is 5. The molecule has 3 atom stereocenters. The Morgan fingerprint density at radius 3 is 1.83 bits per heavy atom. The second kappa shape index (κ2) is 15.0. The van der Waals surface area contributed by atoms with Gasteiger partial charge in [0.2, 0.25) is 0 Å². The molecule has 0 aliphatic rings. The number of hydrogen-bond acceptors (Lipinski definition) is 12. The second-order valence-corrected chi connectivity index (χ2v) is 7.18. The lowest BCUT2D eigenvalue weighted by Gasteiger charge is -2.31. The van der Waals surface area contributed by atoms with E-state index in [-0.39, 0.29) is 12.3 Å². The quantitative estimate of drug-likeness (QED) is 0.169. The second-order valence-electron chi connectivity index (χ2n) is 7.18. The normalized spacial score (nSPS) is 13.5. The minimum Gasteiger partial charge on any atom is -0.462 e. The van der Waals surface area contributed by atoms with Gasteiger partial charge in [0.1, 0.15) is 25.5 Å². The fourth-order valence-electron chi connectivity index (χ4n) is 2.74. The van der Waals surface area contributed by atoms with Crippen molar-refractivity contribution in [3.63, 3.8) is 0 Å². The van der Waals surface area contributed by atoms with Crippen molar-refractivity contribution in [1.82, 2.24) is 0 Å². The molecule has 0 radical (unpaired) electrons. The number of hydrogen-bond donors (Lipinski definition) is 0. The maximum absolute atomic E-state index is 11.9. The molecule has 0 spiro atoms. The van der Waals surface area contributed by atoms with Gasteiger partial charge < -0.3 is 28.5 Å². The van der Waals surface area contributed by atoms with E-state index >= 15 is 0 Å². The highest BCUT2D eigenvalue weighted by Gasteiger charge is 2.41. The first kappa shape index (κ1) is 29.1. The van der Waals surface area contributed by atoms with Gasteiger partial charge in [0.25, 0.3) is 0 Å². The first-order valence-corrected chi connectivity index (χ1v) is 10.5. The molecule has 0 aliphatic carbocycles. The molecule has 0 heterocycles. The molecule has 12 nitrogen and oxygen atoms in total. The molecule has 12 heteroatoms. The Kier molecular flexibility index (Phi) is 12.5. The maximum Gasteiger partial charge on any atom is 0.303 e. The third-order valence-corrected chi connectivity index (χ3v) is 4.04. The van der Waals surface area contributed by atoms with Crippen molar-refractivity contribution in [2.24, 2.45) is 5.16 Å². The minimum atomic E-state index is -1.54. The van der Waals surface area contributed by atoms with Crippen LogP contribution in [0.2, 0.25) is 0 Å². The zero-order valence-electron chi connectivity index (χ0n) is 20.2. The predicted octanol–water partition coefficient (Wildman–Crippen LogP) is 1.48. The summed E-state index contributed by atoms with van der Waals surface area (Å²) in [6.45, 7) is 4.48. The zero-order chi connectivity index (χ0) is 26.4. The smallest absolute Gasteiger partial charge is 0.303 e. The summed E-state index contributed by atoms with van der Waals surface area (Å²) in [6, 6.07) is 8.96. The third kappa shape index (κ3) is 12.2. The molecule has 0 amide bonds. The molecular weight excluding hydrogens is 466 g/mol. The molecule has 3 unspecified atom stereocenters. The lowest BCUT2D eigenvalue weighted by Crippen LogP contribution is -2.51. The number of ether oxygens (including phenoxy) is 5. The largest absolute Gasteiger partial charge is 0.462 e. The van der Waals surface area contributed by atoms with Crippen molar-refractivity contribution in [3.05, 3.63) is 35.9 Å². The van der Waals surface area contributed by atoms with Gasteiger partial charge in [0.15, 0.2) is 18.3 Å². The number of rotatable bonds is 13. The van der Waals surface area contributed by atoms with E-state index in [9.17, 15) is 24.0 Å². The van der Waals surface area contributed by atoms with Gasteiger partial charge in [-0.2, -0.15) is 0 Å². The highest BCUT2D eigenvalue weighted by atomic mass is 16.6. The van der Waals surface area contributed by atoms with Gasteiger partial charge in [-0.1, -0.05) is 35.5 Å². The van der Waals surface area contributed by atoms with Gasteiger partial charge in [-0.3, -0.25) is 24.0 Å². The molecule has 0 saturated carbocycles. The molecule has 0 bridgehead atoms. The molecule has 0 N–H and O–H groups in total. The highest BCUT2D eigenvalue weighted by molar-refractivity contribution is 5.93. The van der Waals surface area contributed by atoms with Crippen LogP contribution in [-0.4, -0.2) is 67.1 Å². The van der Waals surface area contributed by atoms with Crippen LogP contribution in [0.1, 0.15) is 40.2 Å². The Morgan fingerprint density at radius 1 is 0.743 bits per heavy atom. The third-order valence-electron chi connectivity index (χ3n) is 4.04. The van der Waals surface area contributed by atoms with E-state index in [4.69, 9.17) is 28.5 Å². The summed E-state index contributed by atoms with van der Waals surface area (Å²) in [5.74, 6) is -3.82. The molecule has 0 aromatic heterocycles. The van der Waals surface area contributed by atoms with E-state index in [1.54, 1.807) is 24.3 Å². The fraction of sp³-hybridized carbons (Fsp3) is 0.478. The average molecular weight is 495 g/mol. The summed E-state index contributed by atoms with van der Waals surface area (Å²) < 4.78 is 25.8. The zero-order valence-corrected chi connectivity index (χ0v) is 20.2. The van der Waals surface area contributed by atoms with E-state index < -0.39 is 61.4 Å². The van der Waals surface area contributed by atoms with Crippen molar-refractivity contribution in [1.29, 1.82) is 0 Å². The lowest BCUT2D eigenvalue weighted by atomic mass is 10.0. The number of benzene rings is 1. The van der Waals surface area contributed by atoms with Gasteiger partial charge in [-0.05, 0) is 5.56 Å². The Balaban J connectivity index is 3.42. The van der Waals surface area contributed by atoms with Gasteiger partial charge in [0.05, 0.1) is 0 Å². The fourth-order valence-corrected chi connectivity index (χ4v) is 2.74. The van der Waals surface area contributed by atoms with Crippen LogP contribution in [0.5, 0.6) is 0 Å². The number of carbonyl (C=O) groups is 5. The number of carbonyl (C=O) groups excluding carboxylic acids is 5. The van der Waals surface area contributed by atoms with E-state index in [1.165, 1.54) is 0 Å². The topological polar surface area (TPSA) is 153 Å². The predicted molar refractivity (Wildman–Crippen MR) is 119 cm³/mol. The van der Waals surface area contributed by atoms with E-state index in [0.29, 0.717) is 0 Å². The molecule has 0 saturated heterocycles. The molecule has 0 fully saturated rings. The molecule has 35 heavy (non-hydrogen) atoms. The minimum absolute atomic E-state index is 0.0102. The first-order chi connectivity index (χ1) is 16.5. The average Bonchev–Trinajstić information content (AvgIpc) is 2.76. The first-order valence-electron chi connectivity index (χ1n) is 10.5. The molecular formula is C23H29NO11. The van der Waals surface area contributed by atoms with Gasteiger partial charge in [-0.15, -0.1) is 0 Å². The standard InChI is InChI=1S/C23H29NO11/c1-14(25)30-12-20(24-32-11-19-9-7-6-8-10-19)22(34-17(4)28)23(35-18(5)29)21(33-16(3)27)13-31-15(2)26/h6-10,21-23H,11-13H2,1-5H3. The molecule has 192 valence electrons. The molecule has 1 aromatic carbocycles. The van der Waals surface area contributed by atoms with E-state index in [0.717, 1.165) is 40.2 Å². The van der Waals surface area contributed by atoms with Crippen molar-refractivity contribution in [2.75, 3.05) is 13.2 Å². The van der Waals surface area contributed by atoms with Crippen molar-refractivity contribution >= 4 is 35.6 Å². The van der Waals surface area contributed by atoms with Crippen molar-refractivity contribution in [2.45, 2.75) is 59.5 Å². The molecule has 1 aromatic rings. The number of nitrogens with zero attached hydrogens (tertiary/aromatic N) is 1. The van der Waals surface area contributed by atoms with E-state index in [1.807, 2.05) is 6.07 Å². The summed E-state index contributed by atoms with van der Waals surface area (Å²) in [6.07, 6.45) is -4.47. The summed E-state index contributed by atoms with van der Waals surface area (Å²) >= 11 is 0. The summed E-state index contributed by atoms with van der Waals surface area (Å²) in [7, 11) is 0. The Hall–Kier alpha value is -3.96. The van der Waals surface area contributed by atoms with Gasteiger partial charge in [0, 0.05) is 34.6 Å². The van der Waals surface area contributed by atoms with Gasteiger partial charge in [-0.25, -0.2) is 0 Å². The summed E-state index contributed by atoms with van der Waals surface area (Å²) in [4.78, 5) is 63.7. The van der Waals surface area contributed by atoms with Crippen LogP contribution >= 0.6 is 0 Å². The van der Waals surface area contributed by atoms with Crippen LogP contribution in [-0.2, 0) is 59.1 Å². The monoisotopic (exact) mass is 495 g/mol. The summed E-state index contributed by atoms with van der Waals surface area (Å²) in [5.41, 5.74) is 0.592. The molecule has 1 rings (SSSR count). The van der Waals surface area contributed by atoms with E-state index in [2.05, 4.69) is 5.16 Å². The van der Waals surface area contributed by atoms with Crippen LogP contribution in [0.4, 0.5) is 0 Å². The van der Waals surface area contributed by atoms with Crippen LogP contribution in [0.3, 0.4) is 0 Å². The highest BCUT2D eigenvalue weighted by Crippen LogP contribution is 2.18. The number of oxime groups is 1. The SMILES string of the molecule is CC(=O)OCC(=NOCc1ccccc1)C(OC(C)=O)C(OC(C)=O)C(COC(C)=O)OC(C)=O. The Morgan fingerprint density at radius 2 is 1.31 bits per heavy atom. The van der Waals surface area contributed by atoms with Crippen molar-refractivity contribution in [3.8, 4) is 0 Å². The van der Waals surface area contributed by atoms with Crippen LogP contribution in [0.25, 0.3) is 0 Å². The summed E-state index contributed by atoms with van der Waals surface area (Å²) in [5, 5.41) is 3.95. The lowest BCUT2D eigenvalue weighted by molar-refractivity contribution is -0.184. The van der Waals surface area contributed by atoms with Crippen molar-refractivity contribution < 1.29 is 52.5 Å². The van der Waals surface area contributed by atoms with Gasteiger partial charge >= 0.3 is 29.8 Å². The van der Waals surface area contributed by atoms with Crippen LogP contribution in [0, 0.1) is 0 Å². The van der Waals surface area contributed by atoms with Crippen LogP contribution in [0.15, 0.2) is 35.5 Å². The molecule has 0 aliphatic heterocycles. The van der Waals surface area contributed by atoms with Crippen LogP contribution < -0.4 is 0 Å². The Bertz CT molecular complexity index is 913. The maximum atomic E-state index is 11.9. The Labute approximate surface area is 202 Å².